The lowest BCUT2D eigenvalue weighted by Crippen LogP contribution is -2.37. The minimum Gasteiger partial charge on any atom is -0.481 e. The second kappa shape index (κ2) is 6.88. The molecule has 22 heavy (non-hydrogen) atoms. The van der Waals surface area contributed by atoms with Gasteiger partial charge in [-0.1, -0.05) is 13.0 Å². The summed E-state index contributed by atoms with van der Waals surface area (Å²) in [5, 5.41) is 22.4. The van der Waals surface area contributed by atoms with E-state index < -0.39 is 22.8 Å². The van der Waals surface area contributed by atoms with Crippen molar-refractivity contribution >= 4 is 23.4 Å². The van der Waals surface area contributed by atoms with Crippen molar-refractivity contribution in [3.63, 3.8) is 0 Å². The minimum absolute atomic E-state index is 0.0359. The Balaban J connectivity index is 2.95. The molecular weight excluding hydrogens is 290 g/mol. The summed E-state index contributed by atoms with van der Waals surface area (Å²) in [5.41, 5.74) is 1.34. The average Bonchev–Trinajstić information content (AvgIpc) is 2.42. The molecule has 0 bridgehead atoms. The highest BCUT2D eigenvalue weighted by molar-refractivity contribution is 5.92. The maximum Gasteiger partial charge on any atom is 0.321 e. The monoisotopic (exact) mass is 309 g/mol. The molecule has 120 valence electrons. The van der Waals surface area contributed by atoms with Crippen molar-refractivity contribution in [3.05, 3.63) is 33.4 Å². The highest BCUT2D eigenvalue weighted by atomic mass is 16.6. The van der Waals surface area contributed by atoms with Crippen LogP contribution >= 0.6 is 0 Å². The molecule has 0 fully saturated rings. The van der Waals surface area contributed by atoms with Crippen LogP contribution in [0.4, 0.5) is 16.2 Å². The van der Waals surface area contributed by atoms with Crippen molar-refractivity contribution in [2.75, 3.05) is 18.9 Å². The predicted molar refractivity (Wildman–Crippen MR) is 81.0 cm³/mol. The second-order valence-corrected chi connectivity index (χ2v) is 5.21. The zero-order valence-corrected chi connectivity index (χ0v) is 12.9. The summed E-state index contributed by atoms with van der Waals surface area (Å²) >= 11 is 0. The molecule has 1 unspecified atom stereocenters. The van der Waals surface area contributed by atoms with Gasteiger partial charge in [-0.25, -0.2) is 4.79 Å². The SMILES string of the molecule is Cc1ccc([N+](=O)[O-])c(C)c1NC(=O)N(C)CC(C)C(=O)O. The van der Waals surface area contributed by atoms with Crippen LogP contribution in [0.3, 0.4) is 0 Å². The fourth-order valence-corrected chi connectivity index (χ4v) is 2.00. The fraction of sp³-hybridized carbons (Fsp3) is 0.429. The molecule has 0 aliphatic heterocycles. The van der Waals surface area contributed by atoms with Crippen molar-refractivity contribution in [1.29, 1.82) is 0 Å². The molecular formula is C14H19N3O5. The number of aliphatic carboxylic acids is 1. The van der Waals surface area contributed by atoms with Crippen molar-refractivity contribution in [3.8, 4) is 0 Å². The van der Waals surface area contributed by atoms with Gasteiger partial charge in [-0.3, -0.25) is 14.9 Å². The van der Waals surface area contributed by atoms with Gasteiger partial charge in [-0.15, -0.1) is 0 Å². The Kier molecular flexibility index (Phi) is 5.44. The maximum absolute atomic E-state index is 12.1. The van der Waals surface area contributed by atoms with Gasteiger partial charge in [-0.05, 0) is 19.4 Å². The zero-order chi connectivity index (χ0) is 17.0. The first kappa shape index (κ1) is 17.4. The average molecular weight is 309 g/mol. The van der Waals surface area contributed by atoms with E-state index in [0.29, 0.717) is 16.8 Å². The number of anilines is 1. The number of hydrogen-bond acceptors (Lipinski definition) is 4. The summed E-state index contributed by atoms with van der Waals surface area (Å²) in [7, 11) is 1.47. The molecule has 1 aromatic carbocycles. The summed E-state index contributed by atoms with van der Waals surface area (Å²) in [5.74, 6) is -1.70. The molecule has 0 aromatic heterocycles. The van der Waals surface area contributed by atoms with Gasteiger partial charge in [0.15, 0.2) is 0 Å². The Labute approximate surface area is 127 Å². The number of nitrogens with zero attached hydrogens (tertiary/aromatic N) is 2. The summed E-state index contributed by atoms with van der Waals surface area (Å²) in [4.78, 5) is 34.6. The molecule has 1 atom stereocenters. The lowest BCUT2D eigenvalue weighted by molar-refractivity contribution is -0.385. The number of aryl methyl sites for hydroxylation is 1. The second-order valence-electron chi connectivity index (χ2n) is 5.21. The Bertz CT molecular complexity index is 615. The first-order chi connectivity index (χ1) is 10.1. The van der Waals surface area contributed by atoms with Gasteiger partial charge in [0.1, 0.15) is 0 Å². The van der Waals surface area contributed by atoms with E-state index in [1.807, 2.05) is 0 Å². The number of urea groups is 1. The van der Waals surface area contributed by atoms with Crippen molar-refractivity contribution in [1.82, 2.24) is 4.90 Å². The van der Waals surface area contributed by atoms with Gasteiger partial charge < -0.3 is 15.3 Å². The van der Waals surface area contributed by atoms with Crippen molar-refractivity contribution < 1.29 is 19.6 Å². The molecule has 0 aliphatic carbocycles. The number of carboxylic acids is 1. The third-order valence-electron chi connectivity index (χ3n) is 3.39. The van der Waals surface area contributed by atoms with Crippen LogP contribution in [0.1, 0.15) is 18.1 Å². The predicted octanol–water partition coefficient (Wildman–Crippen LogP) is 2.40. The Hall–Kier alpha value is -2.64. The molecule has 0 saturated heterocycles. The van der Waals surface area contributed by atoms with E-state index in [2.05, 4.69) is 5.32 Å². The molecule has 0 spiro atoms. The zero-order valence-electron chi connectivity index (χ0n) is 12.9. The number of amides is 2. The molecule has 1 aromatic rings. The fourth-order valence-electron chi connectivity index (χ4n) is 2.00. The topological polar surface area (TPSA) is 113 Å². The lowest BCUT2D eigenvalue weighted by atomic mass is 10.1. The van der Waals surface area contributed by atoms with Gasteiger partial charge in [0, 0.05) is 19.7 Å². The molecule has 0 heterocycles. The summed E-state index contributed by atoms with van der Waals surface area (Å²) in [6.45, 7) is 4.82. The van der Waals surface area contributed by atoms with Crippen LogP contribution in [0.5, 0.6) is 0 Å². The van der Waals surface area contributed by atoms with Crippen LogP contribution in [0, 0.1) is 29.9 Å². The molecule has 0 radical (unpaired) electrons. The molecule has 8 heteroatoms. The minimum atomic E-state index is -0.998. The molecule has 0 saturated carbocycles. The molecule has 1 rings (SSSR count). The van der Waals surface area contributed by atoms with Crippen LogP contribution in [-0.2, 0) is 4.79 Å². The lowest BCUT2D eigenvalue weighted by Gasteiger charge is -2.21. The van der Waals surface area contributed by atoms with Gasteiger partial charge in [0.2, 0.25) is 0 Å². The van der Waals surface area contributed by atoms with Crippen LogP contribution in [0.15, 0.2) is 12.1 Å². The first-order valence-electron chi connectivity index (χ1n) is 6.64. The highest BCUT2D eigenvalue weighted by Crippen LogP contribution is 2.28. The Morgan fingerprint density at radius 1 is 1.41 bits per heavy atom. The quantitative estimate of drug-likeness (QED) is 0.640. The number of benzene rings is 1. The summed E-state index contributed by atoms with van der Waals surface area (Å²) < 4.78 is 0. The van der Waals surface area contributed by atoms with E-state index in [-0.39, 0.29) is 12.2 Å². The third kappa shape index (κ3) is 3.94. The number of carboxylic acid groups (broad SMARTS) is 1. The normalized spacial score (nSPS) is 11.6. The van der Waals surface area contributed by atoms with Crippen LogP contribution in [0.25, 0.3) is 0 Å². The number of carbonyl (C=O) groups excluding carboxylic acids is 1. The largest absolute Gasteiger partial charge is 0.481 e. The maximum atomic E-state index is 12.1. The van der Waals surface area contributed by atoms with E-state index >= 15 is 0 Å². The molecule has 0 aliphatic rings. The Morgan fingerprint density at radius 3 is 2.50 bits per heavy atom. The number of hydrogen-bond donors (Lipinski definition) is 2. The third-order valence-corrected chi connectivity index (χ3v) is 3.39. The Morgan fingerprint density at radius 2 is 2.00 bits per heavy atom. The number of rotatable bonds is 5. The number of carbonyl (C=O) groups is 2. The van der Waals surface area contributed by atoms with E-state index in [4.69, 9.17) is 5.11 Å². The summed E-state index contributed by atoms with van der Waals surface area (Å²) in [6, 6.07) is 2.43. The van der Waals surface area contributed by atoms with Gasteiger partial charge >= 0.3 is 12.0 Å². The first-order valence-corrected chi connectivity index (χ1v) is 6.64. The van der Waals surface area contributed by atoms with E-state index in [0.717, 1.165) is 0 Å². The number of nitro groups is 1. The molecule has 2 amide bonds. The smallest absolute Gasteiger partial charge is 0.321 e. The summed E-state index contributed by atoms with van der Waals surface area (Å²) in [6.07, 6.45) is 0. The van der Waals surface area contributed by atoms with Gasteiger partial charge in [0.25, 0.3) is 5.69 Å². The van der Waals surface area contributed by atoms with E-state index in [1.165, 1.54) is 24.9 Å². The van der Waals surface area contributed by atoms with E-state index in [9.17, 15) is 19.7 Å². The van der Waals surface area contributed by atoms with Crippen LogP contribution < -0.4 is 5.32 Å². The van der Waals surface area contributed by atoms with E-state index in [1.54, 1.807) is 19.9 Å². The standard InChI is InChI=1S/C14H19N3O5/c1-8-5-6-11(17(21)22)10(3)12(8)15-14(20)16(4)7-9(2)13(18)19/h5-6,9H,7H2,1-4H3,(H,15,20)(H,18,19). The van der Waals surface area contributed by atoms with Crippen molar-refractivity contribution in [2.24, 2.45) is 5.92 Å². The van der Waals surface area contributed by atoms with Crippen molar-refractivity contribution in [2.45, 2.75) is 20.8 Å². The highest BCUT2D eigenvalue weighted by Gasteiger charge is 2.21. The van der Waals surface area contributed by atoms with Crippen LogP contribution in [-0.4, -0.2) is 40.5 Å². The van der Waals surface area contributed by atoms with Gasteiger partial charge in [-0.2, -0.15) is 0 Å². The number of nitro benzene ring substituents is 1. The van der Waals surface area contributed by atoms with Gasteiger partial charge in [0.05, 0.1) is 22.1 Å². The number of nitrogens with one attached hydrogen (secondary N) is 1. The van der Waals surface area contributed by atoms with Crippen LogP contribution in [0.2, 0.25) is 0 Å². The molecule has 2 N–H and O–H groups in total. The molecule has 8 nitrogen and oxygen atoms in total.